The highest BCUT2D eigenvalue weighted by Gasteiger charge is 2.43. The number of carbonyl (C=O) groups is 4. The van der Waals surface area contributed by atoms with Gasteiger partial charge in [0, 0.05) is 62.2 Å². The predicted octanol–water partition coefficient (Wildman–Crippen LogP) is 7.41. The molecular weight excluding hydrogens is 1070 g/mol. The van der Waals surface area contributed by atoms with Gasteiger partial charge in [-0.3, -0.25) is 29.0 Å². The van der Waals surface area contributed by atoms with Gasteiger partial charge < -0.3 is 40.5 Å². The van der Waals surface area contributed by atoms with E-state index in [1.807, 2.05) is 9.80 Å². The van der Waals surface area contributed by atoms with E-state index in [-0.39, 0.29) is 97.7 Å². The average Bonchev–Trinajstić information content (AvgIpc) is 4.47. The molecule has 16 heteroatoms. The molecule has 82 heavy (non-hydrogen) atoms. The van der Waals surface area contributed by atoms with Gasteiger partial charge in [-0.05, 0) is 140 Å². The van der Waals surface area contributed by atoms with Crippen molar-refractivity contribution in [3.05, 3.63) is 144 Å². The van der Waals surface area contributed by atoms with E-state index in [2.05, 4.69) is 176 Å². The molecule has 0 spiro atoms. The van der Waals surface area contributed by atoms with Crippen molar-refractivity contribution in [2.24, 2.45) is 0 Å². The van der Waals surface area contributed by atoms with Gasteiger partial charge in [0.25, 0.3) is 0 Å². The van der Waals surface area contributed by atoms with Crippen molar-refractivity contribution in [3.63, 3.8) is 0 Å². The molecule has 14 nitrogen and oxygen atoms in total. The standard InChI is InChI=1S/C66H86N8O6.2ClH/c1-47(67-5)63(75)69-61(65(77)73-41-23-35-55(73)45-71-39-25-37-57(71)59(51-27-13-9-14-28-51)52-29-15-10-16-30-52)49(3)79-43-21-7-8-22-44-80-50(4)62(70-64(76)48(2)68-6)66(78)74-42-24-36-56(74)46-72-40-26-38-58(72)60(53-31-17-11-18-32-53)54-33-19-12-20-34-54;;/h9-20,27-34,47-50,55-62,67-68H,23-26,35-46H2,1-6H3,(H,69,75)(H,70,76);2*1H/t47-,48-,49+,50+,55-,56-,57-,58-,61-,62-;;/m0../s1. The van der Waals surface area contributed by atoms with Crippen molar-refractivity contribution in [2.45, 2.75) is 151 Å². The summed E-state index contributed by atoms with van der Waals surface area (Å²) in [6, 6.07) is 40.7. The summed E-state index contributed by atoms with van der Waals surface area (Å²) in [7, 11) is 3.43. The van der Waals surface area contributed by atoms with Crippen molar-refractivity contribution in [2.75, 3.05) is 66.6 Å². The summed E-state index contributed by atoms with van der Waals surface area (Å²) in [4.78, 5) is 65.3. The SMILES string of the molecule is CN[C@@H](C)C(=O)N[C@H](C(=O)N1CCC[C@H]1CN1CCC[C@H]1C(c1ccccc1)c1ccccc1)[C@@H](C)OCC#CC#CCO[C@H](C)[C@H](NC(=O)[C@H](C)NC)C(=O)N1CCC[C@H]1CN1CCC[C@H]1C(c1ccccc1)c1ccccc1.Cl.Cl. The summed E-state index contributed by atoms with van der Waals surface area (Å²) in [5, 5.41) is 12.0. The highest BCUT2D eigenvalue weighted by atomic mass is 35.5. The van der Waals surface area contributed by atoms with Crippen molar-refractivity contribution in [1.82, 2.24) is 40.9 Å². The molecule has 0 aromatic heterocycles. The Balaban J connectivity index is 0.00000541. The van der Waals surface area contributed by atoms with Crippen molar-refractivity contribution < 1.29 is 28.7 Å². The topological polar surface area (TPSA) is 148 Å². The lowest BCUT2D eigenvalue weighted by Crippen LogP contribution is -2.58. The van der Waals surface area contributed by atoms with E-state index in [9.17, 15) is 19.2 Å². The van der Waals surface area contributed by atoms with E-state index < -0.39 is 36.4 Å². The van der Waals surface area contributed by atoms with Crippen LogP contribution in [0.5, 0.6) is 0 Å². The second kappa shape index (κ2) is 32.9. The van der Waals surface area contributed by atoms with Crippen LogP contribution in [-0.4, -0.2) is 170 Å². The lowest BCUT2D eigenvalue weighted by molar-refractivity contribution is -0.142. The van der Waals surface area contributed by atoms with Crippen molar-refractivity contribution >= 4 is 48.4 Å². The van der Waals surface area contributed by atoms with E-state index in [1.54, 1.807) is 41.8 Å². The highest BCUT2D eigenvalue weighted by molar-refractivity contribution is 5.91. The minimum Gasteiger partial charge on any atom is -0.363 e. The Bertz CT molecular complexity index is 2480. The van der Waals surface area contributed by atoms with E-state index in [4.69, 9.17) is 9.47 Å². The van der Waals surface area contributed by atoms with Crippen LogP contribution >= 0.6 is 24.8 Å². The minimum absolute atomic E-state index is 0. The summed E-state index contributed by atoms with van der Waals surface area (Å²) in [5.74, 6) is 11.1. The molecule has 4 heterocycles. The van der Waals surface area contributed by atoms with Gasteiger partial charge in [-0.15, -0.1) is 24.8 Å². The molecule has 4 aliphatic heterocycles. The van der Waals surface area contributed by atoms with Gasteiger partial charge in [-0.1, -0.05) is 133 Å². The molecule has 4 aromatic carbocycles. The van der Waals surface area contributed by atoms with Gasteiger partial charge in [0.1, 0.15) is 25.3 Å². The number of benzene rings is 4. The fourth-order valence-corrected chi connectivity index (χ4v) is 12.6. The number of nitrogens with zero attached hydrogens (tertiary/aromatic N) is 4. The van der Waals surface area contributed by atoms with Gasteiger partial charge in [-0.25, -0.2) is 0 Å². The molecule has 0 bridgehead atoms. The van der Waals surface area contributed by atoms with Gasteiger partial charge in [0.15, 0.2) is 0 Å². The number of halogens is 2. The molecule has 0 radical (unpaired) electrons. The smallest absolute Gasteiger partial charge is 0.248 e. The molecule has 4 N–H and O–H groups in total. The molecule has 0 saturated carbocycles. The molecule has 442 valence electrons. The predicted molar refractivity (Wildman–Crippen MR) is 330 cm³/mol. The van der Waals surface area contributed by atoms with Crippen LogP contribution in [0.2, 0.25) is 0 Å². The Morgan fingerprint density at radius 1 is 0.488 bits per heavy atom. The lowest BCUT2D eigenvalue weighted by atomic mass is 9.83. The zero-order chi connectivity index (χ0) is 56.4. The third-order valence-electron chi connectivity index (χ3n) is 17.2. The maximum atomic E-state index is 14.7. The van der Waals surface area contributed by atoms with Gasteiger partial charge in [0.2, 0.25) is 23.6 Å². The maximum absolute atomic E-state index is 14.7. The molecular formula is C66H88Cl2N8O6. The van der Waals surface area contributed by atoms with Gasteiger partial charge >= 0.3 is 0 Å². The van der Waals surface area contributed by atoms with E-state index in [0.29, 0.717) is 13.1 Å². The third-order valence-corrected chi connectivity index (χ3v) is 17.2. The van der Waals surface area contributed by atoms with E-state index in [0.717, 1.165) is 77.5 Å². The molecule has 0 unspecified atom stereocenters. The second-order valence-corrected chi connectivity index (χ2v) is 22.3. The van der Waals surface area contributed by atoms with Crippen LogP contribution in [0.15, 0.2) is 121 Å². The van der Waals surface area contributed by atoms with Crippen LogP contribution in [0.4, 0.5) is 0 Å². The van der Waals surface area contributed by atoms with Crippen LogP contribution in [0.1, 0.15) is 113 Å². The zero-order valence-electron chi connectivity index (χ0n) is 48.8. The van der Waals surface area contributed by atoms with Gasteiger partial charge in [0.05, 0.1) is 24.3 Å². The molecule has 10 atom stereocenters. The van der Waals surface area contributed by atoms with Crippen molar-refractivity contribution in [1.29, 1.82) is 0 Å². The molecule has 0 aliphatic carbocycles. The molecule has 4 fully saturated rings. The number of likely N-dealkylation sites (tertiary alicyclic amines) is 4. The lowest BCUT2D eigenvalue weighted by Gasteiger charge is -2.37. The number of hydrogen-bond acceptors (Lipinski definition) is 10. The third kappa shape index (κ3) is 16.9. The number of hydrogen-bond donors (Lipinski definition) is 4. The normalized spacial score (nSPS) is 21.2. The molecule has 8 rings (SSSR count). The first kappa shape index (κ1) is 65.4. The largest absolute Gasteiger partial charge is 0.363 e. The van der Waals surface area contributed by atoms with Gasteiger partial charge in [-0.2, -0.15) is 0 Å². The van der Waals surface area contributed by atoms with Crippen LogP contribution in [0, 0.1) is 23.7 Å². The Kier molecular flexibility index (Phi) is 26.2. The summed E-state index contributed by atoms with van der Waals surface area (Å²) >= 11 is 0. The fourth-order valence-electron chi connectivity index (χ4n) is 12.6. The first-order chi connectivity index (χ1) is 39.0. The first-order valence-corrected chi connectivity index (χ1v) is 29.4. The molecule has 4 saturated heterocycles. The Morgan fingerprint density at radius 3 is 1.12 bits per heavy atom. The van der Waals surface area contributed by atoms with Crippen LogP contribution in [0.25, 0.3) is 0 Å². The number of amides is 4. The van der Waals surface area contributed by atoms with Crippen molar-refractivity contribution in [3.8, 4) is 23.7 Å². The molecule has 4 amide bonds. The summed E-state index contributed by atoms with van der Waals surface area (Å²) in [6.07, 6.45) is 6.49. The second-order valence-electron chi connectivity index (χ2n) is 22.3. The van der Waals surface area contributed by atoms with Crippen LogP contribution in [0.3, 0.4) is 0 Å². The number of ether oxygens (including phenoxy) is 2. The van der Waals surface area contributed by atoms with Crippen LogP contribution < -0.4 is 21.3 Å². The Morgan fingerprint density at radius 2 is 0.805 bits per heavy atom. The van der Waals surface area contributed by atoms with Crippen LogP contribution in [-0.2, 0) is 28.7 Å². The number of likely N-dealkylation sites (N-methyl/N-ethyl adjacent to an activating group) is 2. The summed E-state index contributed by atoms with van der Waals surface area (Å²) in [6.45, 7) is 11.8. The number of carbonyl (C=O) groups excluding carboxylic acids is 4. The number of nitrogens with one attached hydrogen (secondary N) is 4. The summed E-state index contributed by atoms with van der Waals surface area (Å²) < 4.78 is 12.4. The average molecular weight is 1160 g/mol. The first-order valence-electron chi connectivity index (χ1n) is 29.4. The van der Waals surface area contributed by atoms with E-state index >= 15 is 0 Å². The summed E-state index contributed by atoms with van der Waals surface area (Å²) in [5.41, 5.74) is 5.18. The monoisotopic (exact) mass is 1160 g/mol. The maximum Gasteiger partial charge on any atom is 0.248 e. The number of rotatable bonds is 24. The molecule has 4 aromatic rings. The zero-order valence-corrected chi connectivity index (χ0v) is 50.5. The fraction of sp³-hybridized carbons (Fsp3) is 0.515. The van der Waals surface area contributed by atoms with E-state index in [1.165, 1.54) is 22.3 Å². The Hall–Kier alpha value is -5.78. The minimum atomic E-state index is -0.927. The molecule has 4 aliphatic rings. The quantitative estimate of drug-likeness (QED) is 0.0524. The Labute approximate surface area is 500 Å². The highest BCUT2D eigenvalue weighted by Crippen LogP contribution is 2.39.